The molecule has 4 aliphatic rings. The van der Waals surface area contributed by atoms with E-state index in [4.69, 9.17) is 0 Å². The molecule has 1 spiro atoms. The molecule has 362 valence electrons. The van der Waals surface area contributed by atoms with Gasteiger partial charge >= 0.3 is 0 Å². The molecule has 0 aromatic heterocycles. The van der Waals surface area contributed by atoms with Gasteiger partial charge in [-0.05, 0) is 136 Å². The molecule has 0 radical (unpaired) electrons. The highest BCUT2D eigenvalue weighted by Gasteiger charge is 2.38. The van der Waals surface area contributed by atoms with Gasteiger partial charge in [-0.25, -0.2) is 0 Å². The molecule has 4 fully saturated rings. The van der Waals surface area contributed by atoms with Gasteiger partial charge in [0.05, 0.1) is 0 Å². The fourth-order valence-electron chi connectivity index (χ4n) is 6.73. The third kappa shape index (κ3) is 39.6. The van der Waals surface area contributed by atoms with Crippen molar-refractivity contribution < 1.29 is 0 Å². The Morgan fingerprint density at radius 1 is 0.492 bits per heavy atom. The number of aryl methyl sites for hydroxylation is 1. The Bertz CT molecular complexity index is 776. The zero-order valence-electron chi connectivity index (χ0n) is 46.6. The summed E-state index contributed by atoms with van der Waals surface area (Å²) in [4.78, 5) is 10.6. The van der Waals surface area contributed by atoms with Crippen molar-refractivity contribution >= 4 is 0 Å². The summed E-state index contributed by atoms with van der Waals surface area (Å²) < 4.78 is 0. The van der Waals surface area contributed by atoms with Crippen LogP contribution in [-0.2, 0) is 6.42 Å². The topological polar surface area (TPSA) is 13.0 Å². The van der Waals surface area contributed by atoms with Crippen molar-refractivity contribution in [2.75, 3.05) is 52.4 Å². The highest BCUT2D eigenvalue weighted by molar-refractivity contribution is 5.13. The smallest absolute Gasteiger partial charge is 0.0224 e. The van der Waals surface area contributed by atoms with Crippen molar-refractivity contribution in [2.45, 2.75) is 262 Å². The Morgan fingerprint density at radius 3 is 1.10 bits per heavy atom. The zero-order chi connectivity index (χ0) is 47.8. The van der Waals surface area contributed by atoms with Crippen LogP contribution in [0, 0.1) is 11.3 Å². The van der Waals surface area contributed by atoms with Gasteiger partial charge in [-0.1, -0.05) is 182 Å². The average molecular weight is 840 g/mol. The molecular formula is C55H122N4. The molecule has 1 aromatic carbocycles. The predicted molar refractivity (Wildman–Crippen MR) is 282 cm³/mol. The monoisotopic (exact) mass is 839 g/mol. The molecule has 1 atom stereocenters. The normalized spacial score (nSPS) is 17.6. The van der Waals surface area contributed by atoms with Crippen LogP contribution in [0.4, 0.5) is 0 Å². The third-order valence-electron chi connectivity index (χ3n) is 10.6. The highest BCUT2D eigenvalue weighted by atomic mass is 15.3. The van der Waals surface area contributed by atoms with E-state index in [2.05, 4.69) is 127 Å². The highest BCUT2D eigenvalue weighted by Crippen LogP contribution is 2.41. The summed E-state index contributed by atoms with van der Waals surface area (Å²) in [5.74, 6) is 0.884. The molecule has 0 N–H and O–H groups in total. The van der Waals surface area contributed by atoms with Gasteiger partial charge < -0.3 is 9.80 Å². The van der Waals surface area contributed by atoms with Gasteiger partial charge in [-0.15, -0.1) is 0 Å². The molecule has 1 aromatic rings. The minimum Gasteiger partial charge on any atom is -0.301 e. The molecule has 5 rings (SSSR count). The van der Waals surface area contributed by atoms with E-state index in [0.717, 1.165) is 36.5 Å². The van der Waals surface area contributed by atoms with Crippen molar-refractivity contribution in [3.8, 4) is 0 Å². The summed E-state index contributed by atoms with van der Waals surface area (Å²) >= 11 is 0. The first kappa shape index (κ1) is 72.5. The van der Waals surface area contributed by atoms with E-state index in [1.165, 1.54) is 109 Å². The summed E-state index contributed by atoms with van der Waals surface area (Å²) in [6.07, 6.45) is 12.3. The number of likely N-dealkylation sites (tertiary alicyclic amines) is 2. The van der Waals surface area contributed by atoms with Crippen LogP contribution in [0.5, 0.6) is 0 Å². The van der Waals surface area contributed by atoms with Crippen LogP contribution in [0.1, 0.15) is 237 Å². The lowest BCUT2D eigenvalue weighted by molar-refractivity contribution is 0.0168. The van der Waals surface area contributed by atoms with E-state index in [9.17, 15) is 0 Å². The van der Waals surface area contributed by atoms with Crippen molar-refractivity contribution in [1.82, 2.24) is 19.6 Å². The van der Waals surface area contributed by atoms with Crippen LogP contribution < -0.4 is 0 Å². The molecule has 0 amide bonds. The molecule has 59 heavy (non-hydrogen) atoms. The lowest BCUT2D eigenvalue weighted by Gasteiger charge is -2.48. The Kier molecular flexibility index (Phi) is 67.7. The summed E-state index contributed by atoms with van der Waals surface area (Å²) in [6.45, 7) is 65.6. The zero-order valence-corrected chi connectivity index (χ0v) is 46.6. The lowest BCUT2D eigenvalue weighted by atomic mass is 9.71. The fraction of sp³-hybridized carbons (Fsp3) is 0.891. The molecule has 4 heterocycles. The standard InChI is InChI=1S/C15H30N2.C10H20N2.C8H10.C5H12.C3H8.7C2H6/c1-13(2)16-9-5-15(6-10-16)7-11-17(12-8-15)14(3)4;1-9(2)12-7-6-11-5-3-4-10(11)8-12;1-2-8-6-4-3-5-7-8;1-4-5(2)3;1-3-2;7*1-2/h13-14H,5-12H2,1-4H3;9-10H,3-8H2,1-2H3;3-7H,2H2,1H3;5H,4H2,1-3H3;3H2,1-2H3;7*1-2H3. The molecule has 4 saturated heterocycles. The number of rotatable bonds is 5. The van der Waals surface area contributed by atoms with Crippen LogP contribution in [0.25, 0.3) is 0 Å². The van der Waals surface area contributed by atoms with Gasteiger partial charge in [0.25, 0.3) is 0 Å². The first-order chi connectivity index (χ1) is 28.4. The second-order valence-electron chi connectivity index (χ2n) is 15.5. The number of nitrogens with zero attached hydrogens (tertiary/aromatic N) is 4. The predicted octanol–water partition coefficient (Wildman–Crippen LogP) is 17.1. The van der Waals surface area contributed by atoms with Crippen molar-refractivity contribution in [2.24, 2.45) is 11.3 Å². The first-order valence-corrected chi connectivity index (χ1v) is 26.4. The maximum Gasteiger partial charge on any atom is 0.0224 e. The van der Waals surface area contributed by atoms with E-state index < -0.39 is 0 Å². The summed E-state index contributed by atoms with van der Waals surface area (Å²) in [6, 6.07) is 13.6. The van der Waals surface area contributed by atoms with Gasteiger partial charge in [-0.3, -0.25) is 9.80 Å². The fourth-order valence-corrected chi connectivity index (χ4v) is 6.73. The van der Waals surface area contributed by atoms with E-state index in [1.54, 1.807) is 0 Å². The van der Waals surface area contributed by atoms with Crippen molar-refractivity contribution in [3.63, 3.8) is 0 Å². The minimum absolute atomic E-state index is 0.705. The second-order valence-corrected chi connectivity index (χ2v) is 15.5. The van der Waals surface area contributed by atoms with Crippen molar-refractivity contribution in [1.29, 1.82) is 0 Å². The number of piperazine rings is 1. The molecule has 4 heteroatoms. The lowest BCUT2D eigenvalue weighted by Crippen LogP contribution is -2.52. The van der Waals surface area contributed by atoms with Gasteiger partial charge in [-0.2, -0.15) is 0 Å². The summed E-state index contributed by atoms with van der Waals surface area (Å²) in [5, 5.41) is 0. The second kappa shape index (κ2) is 55.1. The van der Waals surface area contributed by atoms with E-state index >= 15 is 0 Å². The summed E-state index contributed by atoms with van der Waals surface area (Å²) in [7, 11) is 0. The number of fused-ring (bicyclic) bond motifs is 1. The van der Waals surface area contributed by atoms with Crippen LogP contribution in [0.3, 0.4) is 0 Å². The van der Waals surface area contributed by atoms with Crippen LogP contribution in [0.15, 0.2) is 30.3 Å². The van der Waals surface area contributed by atoms with E-state index in [-0.39, 0.29) is 0 Å². The van der Waals surface area contributed by atoms with E-state index in [0.29, 0.717) is 5.41 Å². The minimum atomic E-state index is 0.705. The van der Waals surface area contributed by atoms with Crippen molar-refractivity contribution in [3.05, 3.63) is 35.9 Å². The number of piperidine rings is 2. The number of hydrogen-bond donors (Lipinski definition) is 0. The number of benzene rings is 1. The Morgan fingerprint density at radius 2 is 0.831 bits per heavy atom. The van der Waals surface area contributed by atoms with E-state index in [1.807, 2.05) is 103 Å². The quantitative estimate of drug-likeness (QED) is 0.293. The Hall–Kier alpha value is -0.940. The van der Waals surface area contributed by atoms with Crippen LogP contribution in [0.2, 0.25) is 0 Å². The van der Waals surface area contributed by atoms with Crippen LogP contribution in [-0.4, -0.2) is 96.1 Å². The SMILES string of the molecule is CC.CC.CC.CC.CC.CC.CC.CC(C)N1CCC2(CC1)CCN(C(C)C)CC2.CC(C)N1CCN2CCCC2C1.CCC.CCC(C)C.CCc1ccccc1. The number of hydrogen-bond acceptors (Lipinski definition) is 4. The molecule has 0 aliphatic carbocycles. The molecule has 4 nitrogen and oxygen atoms in total. The van der Waals surface area contributed by atoms with Crippen LogP contribution >= 0.6 is 0 Å². The van der Waals surface area contributed by atoms with Gasteiger partial charge in [0.1, 0.15) is 0 Å². The van der Waals surface area contributed by atoms with Gasteiger partial charge in [0.15, 0.2) is 0 Å². The largest absolute Gasteiger partial charge is 0.301 e. The molecule has 1 unspecified atom stereocenters. The maximum atomic E-state index is 2.67. The molecular weight excluding hydrogens is 717 g/mol. The maximum absolute atomic E-state index is 2.67. The Labute approximate surface area is 379 Å². The van der Waals surface area contributed by atoms with Gasteiger partial charge in [0.2, 0.25) is 0 Å². The Balaban J connectivity index is -0.000000114. The van der Waals surface area contributed by atoms with Gasteiger partial charge in [0, 0.05) is 43.8 Å². The summed E-state index contributed by atoms with van der Waals surface area (Å²) in [5.41, 5.74) is 2.11. The molecule has 0 saturated carbocycles. The first-order valence-electron chi connectivity index (χ1n) is 26.4. The average Bonchev–Trinajstić information content (AvgIpc) is 3.78. The third-order valence-corrected chi connectivity index (χ3v) is 10.6. The molecule has 4 aliphatic heterocycles. The molecule has 0 bridgehead atoms.